The first-order valence-corrected chi connectivity index (χ1v) is 7.29. The van der Waals surface area contributed by atoms with Crippen molar-refractivity contribution in [3.05, 3.63) is 41.7 Å². The van der Waals surface area contributed by atoms with Crippen molar-refractivity contribution < 1.29 is 14.3 Å². The first-order chi connectivity index (χ1) is 11.2. The molecule has 23 heavy (non-hydrogen) atoms. The van der Waals surface area contributed by atoms with Gasteiger partial charge in [0.25, 0.3) is 0 Å². The Morgan fingerprint density at radius 1 is 1.22 bits per heavy atom. The van der Waals surface area contributed by atoms with Crippen LogP contribution in [0.15, 0.2) is 30.3 Å². The molecule has 2 aromatic rings. The summed E-state index contributed by atoms with van der Waals surface area (Å²) in [5, 5.41) is 20.8. The third kappa shape index (κ3) is 3.29. The highest BCUT2D eigenvalue weighted by molar-refractivity contribution is 5.65. The van der Waals surface area contributed by atoms with Gasteiger partial charge in [0, 0.05) is 26.2 Å². The molecule has 9 heteroatoms. The van der Waals surface area contributed by atoms with Crippen molar-refractivity contribution >= 4 is 6.09 Å². The Kier molecular flexibility index (Phi) is 4.47. The molecule has 1 fully saturated rings. The summed E-state index contributed by atoms with van der Waals surface area (Å²) in [7, 11) is 0. The summed E-state index contributed by atoms with van der Waals surface area (Å²) >= 11 is 0. The first kappa shape index (κ1) is 15.3. The van der Waals surface area contributed by atoms with E-state index in [0.717, 1.165) is 10.4 Å². The summed E-state index contributed by atoms with van der Waals surface area (Å²) in [5.41, 5.74) is 0.967. The summed E-state index contributed by atoms with van der Waals surface area (Å²) in [6.45, 7) is 1.10. The minimum Gasteiger partial charge on any atom is -0.465 e. The van der Waals surface area contributed by atoms with E-state index in [-0.39, 0.29) is 6.04 Å². The molecule has 0 aliphatic carbocycles. The molecule has 2 heterocycles. The van der Waals surface area contributed by atoms with Crippen LogP contribution in [0.2, 0.25) is 0 Å². The van der Waals surface area contributed by atoms with Crippen molar-refractivity contribution in [2.45, 2.75) is 12.8 Å². The second kappa shape index (κ2) is 6.69. The van der Waals surface area contributed by atoms with E-state index in [1.807, 2.05) is 30.3 Å². The van der Waals surface area contributed by atoms with Crippen molar-refractivity contribution in [1.82, 2.24) is 30.0 Å². The number of rotatable bonds is 4. The van der Waals surface area contributed by atoms with Crippen molar-refractivity contribution in [1.29, 1.82) is 0 Å². The SMILES string of the molecule is O=C(O)N1CCN(C(c2ccccc2)c2nnn(CF)n2)CC1. The van der Waals surface area contributed by atoms with Gasteiger partial charge in [-0.25, -0.2) is 9.18 Å². The first-order valence-electron chi connectivity index (χ1n) is 7.29. The van der Waals surface area contributed by atoms with Crippen LogP contribution < -0.4 is 0 Å². The average Bonchev–Trinajstić information content (AvgIpc) is 3.05. The molecule has 122 valence electrons. The zero-order chi connectivity index (χ0) is 16.2. The van der Waals surface area contributed by atoms with E-state index in [9.17, 15) is 9.18 Å². The number of carboxylic acid groups (broad SMARTS) is 1. The van der Waals surface area contributed by atoms with Crippen LogP contribution in [0, 0.1) is 0 Å². The predicted molar refractivity (Wildman–Crippen MR) is 78.4 cm³/mol. The number of aromatic nitrogens is 4. The van der Waals surface area contributed by atoms with Crippen LogP contribution in [0.25, 0.3) is 0 Å². The van der Waals surface area contributed by atoms with Gasteiger partial charge in [-0.3, -0.25) is 4.90 Å². The van der Waals surface area contributed by atoms with E-state index in [2.05, 4.69) is 20.3 Å². The number of hydrogen-bond donors (Lipinski definition) is 1. The van der Waals surface area contributed by atoms with Gasteiger partial charge in [0.05, 0.1) is 6.04 Å². The van der Waals surface area contributed by atoms with Crippen LogP contribution in [0.1, 0.15) is 17.4 Å². The summed E-state index contributed by atoms with van der Waals surface area (Å²) in [6, 6.07) is 9.36. The minimum atomic E-state index is -0.914. The fourth-order valence-electron chi connectivity index (χ4n) is 2.75. The maximum atomic E-state index is 12.7. The van der Waals surface area contributed by atoms with Gasteiger partial charge in [-0.15, -0.1) is 15.0 Å². The number of benzene rings is 1. The molecule has 0 radical (unpaired) electrons. The second-order valence-electron chi connectivity index (χ2n) is 5.26. The van der Waals surface area contributed by atoms with E-state index >= 15 is 0 Å². The average molecular weight is 320 g/mol. The highest BCUT2D eigenvalue weighted by atomic mass is 19.1. The minimum absolute atomic E-state index is 0.271. The predicted octanol–water partition coefficient (Wildman–Crippen LogP) is 0.985. The number of halogens is 1. The smallest absolute Gasteiger partial charge is 0.407 e. The van der Waals surface area contributed by atoms with E-state index in [4.69, 9.17) is 5.11 Å². The van der Waals surface area contributed by atoms with E-state index in [0.29, 0.717) is 32.0 Å². The molecule has 0 spiro atoms. The standard InChI is InChI=1S/C14H17FN6O2/c15-10-21-17-13(16-18-21)12(11-4-2-1-3-5-11)19-6-8-20(9-7-19)14(22)23/h1-5,12H,6-10H2,(H,22,23). The van der Waals surface area contributed by atoms with Gasteiger partial charge < -0.3 is 10.0 Å². The number of tetrazole rings is 1. The maximum Gasteiger partial charge on any atom is 0.407 e. The molecule has 1 aliphatic heterocycles. The molecule has 1 N–H and O–H groups in total. The van der Waals surface area contributed by atoms with Crippen molar-refractivity contribution in [2.24, 2.45) is 0 Å². The third-order valence-corrected chi connectivity index (χ3v) is 3.89. The van der Waals surface area contributed by atoms with Gasteiger partial charge >= 0.3 is 6.09 Å². The Morgan fingerprint density at radius 3 is 2.48 bits per heavy atom. The lowest BCUT2D eigenvalue weighted by molar-refractivity contribution is 0.0914. The molecule has 1 aromatic carbocycles. The Labute approximate surface area is 132 Å². The molecule has 1 aliphatic rings. The van der Waals surface area contributed by atoms with Crippen LogP contribution in [0.3, 0.4) is 0 Å². The van der Waals surface area contributed by atoms with Gasteiger partial charge in [0.1, 0.15) is 0 Å². The van der Waals surface area contributed by atoms with Crippen LogP contribution in [0.4, 0.5) is 9.18 Å². The number of hydrogen-bond acceptors (Lipinski definition) is 5. The highest BCUT2D eigenvalue weighted by Gasteiger charge is 2.30. The Hall–Kier alpha value is -2.55. The van der Waals surface area contributed by atoms with Crippen LogP contribution in [0.5, 0.6) is 0 Å². The molecule has 1 unspecified atom stereocenters. The Morgan fingerprint density at radius 2 is 1.91 bits per heavy atom. The summed E-state index contributed by atoms with van der Waals surface area (Å²) in [5.74, 6) is 0.414. The third-order valence-electron chi connectivity index (χ3n) is 3.89. The molecule has 0 saturated carbocycles. The summed E-state index contributed by atoms with van der Waals surface area (Å²) in [6.07, 6.45) is -0.914. The lowest BCUT2D eigenvalue weighted by Gasteiger charge is -2.37. The zero-order valence-electron chi connectivity index (χ0n) is 12.4. The monoisotopic (exact) mass is 320 g/mol. The number of alkyl halides is 1. The molecule has 1 atom stereocenters. The Bertz CT molecular complexity index is 656. The van der Waals surface area contributed by atoms with E-state index in [1.165, 1.54) is 4.90 Å². The molecule has 1 aromatic heterocycles. The number of nitrogens with zero attached hydrogens (tertiary/aromatic N) is 6. The fourth-order valence-corrected chi connectivity index (χ4v) is 2.75. The molecule has 3 rings (SSSR count). The van der Waals surface area contributed by atoms with E-state index < -0.39 is 12.9 Å². The fraction of sp³-hybridized carbons (Fsp3) is 0.429. The van der Waals surface area contributed by atoms with Crippen molar-refractivity contribution in [2.75, 3.05) is 26.2 Å². The second-order valence-corrected chi connectivity index (χ2v) is 5.26. The summed E-state index contributed by atoms with van der Waals surface area (Å²) in [4.78, 5) is 15.4. The van der Waals surface area contributed by atoms with Gasteiger partial charge in [0.2, 0.25) is 6.80 Å². The molecule has 8 nitrogen and oxygen atoms in total. The van der Waals surface area contributed by atoms with Crippen LogP contribution in [-0.2, 0) is 6.80 Å². The van der Waals surface area contributed by atoms with Gasteiger partial charge in [-0.05, 0) is 10.8 Å². The topological polar surface area (TPSA) is 87.4 Å². The lowest BCUT2D eigenvalue weighted by Crippen LogP contribution is -2.49. The largest absolute Gasteiger partial charge is 0.465 e. The zero-order valence-corrected chi connectivity index (χ0v) is 12.4. The van der Waals surface area contributed by atoms with Crippen LogP contribution in [-0.4, -0.2) is 67.4 Å². The molecule has 1 saturated heterocycles. The molecule has 1 amide bonds. The van der Waals surface area contributed by atoms with Gasteiger partial charge in [0.15, 0.2) is 5.82 Å². The number of carbonyl (C=O) groups is 1. The highest BCUT2D eigenvalue weighted by Crippen LogP contribution is 2.26. The Balaban J connectivity index is 1.86. The number of piperazine rings is 1. The quantitative estimate of drug-likeness (QED) is 0.904. The molecular weight excluding hydrogens is 303 g/mol. The molecule has 0 bridgehead atoms. The molecular formula is C14H17FN6O2. The lowest BCUT2D eigenvalue weighted by atomic mass is 10.0. The normalized spacial score (nSPS) is 17.2. The van der Waals surface area contributed by atoms with Crippen molar-refractivity contribution in [3.63, 3.8) is 0 Å². The maximum absolute atomic E-state index is 12.7. The summed E-state index contributed by atoms with van der Waals surface area (Å²) < 4.78 is 12.7. The van der Waals surface area contributed by atoms with E-state index in [1.54, 1.807) is 0 Å². The van der Waals surface area contributed by atoms with Gasteiger partial charge in [-0.2, -0.15) is 0 Å². The van der Waals surface area contributed by atoms with Gasteiger partial charge in [-0.1, -0.05) is 30.3 Å². The van der Waals surface area contributed by atoms with Crippen LogP contribution >= 0.6 is 0 Å². The van der Waals surface area contributed by atoms with Crippen molar-refractivity contribution in [3.8, 4) is 0 Å². The number of amides is 1.